The van der Waals surface area contributed by atoms with Gasteiger partial charge in [-0.2, -0.15) is 0 Å². The minimum atomic E-state index is 0.352. The van der Waals surface area contributed by atoms with Crippen LogP contribution >= 0.6 is 55.1 Å². The minimum absolute atomic E-state index is 0.352. The second-order valence-corrected chi connectivity index (χ2v) is 5.94. The molecule has 0 aliphatic heterocycles. The monoisotopic (exact) mass is 412 g/mol. The smallest absolute Gasteiger partial charge is 0.183 e. The van der Waals surface area contributed by atoms with Crippen LogP contribution in [0.25, 0.3) is 0 Å². The number of rotatable bonds is 3. The van der Waals surface area contributed by atoms with Crippen LogP contribution in [0.5, 0.6) is 0 Å². The maximum atomic E-state index is 6.03. The number of aryl methyl sites for hydroxylation is 1. The zero-order valence-corrected chi connectivity index (χ0v) is 13.9. The third-order valence-electron chi connectivity index (χ3n) is 2.28. The number of pyridine rings is 1. The molecule has 2 aromatic rings. The van der Waals surface area contributed by atoms with E-state index in [4.69, 9.17) is 27.6 Å². The van der Waals surface area contributed by atoms with Gasteiger partial charge in [0.05, 0.1) is 16.7 Å². The Morgan fingerprint density at radius 2 is 2.06 bits per heavy atom. The van der Waals surface area contributed by atoms with Crippen LogP contribution in [0.3, 0.4) is 0 Å². The zero-order valence-electron chi connectivity index (χ0n) is 9.23. The van der Waals surface area contributed by atoms with E-state index in [1.807, 2.05) is 13.0 Å². The average Bonchev–Trinajstić information content (AvgIpc) is 2.56. The Hall–Kier alpha value is -0.230. The van der Waals surface area contributed by atoms with Gasteiger partial charge in [0.1, 0.15) is 10.9 Å². The van der Waals surface area contributed by atoms with Gasteiger partial charge in [-0.05, 0) is 56.5 Å². The summed E-state index contributed by atoms with van der Waals surface area (Å²) in [6.07, 6.45) is 0. The largest absolute Gasteiger partial charge is 0.451 e. The van der Waals surface area contributed by atoms with Gasteiger partial charge in [0.15, 0.2) is 9.82 Å². The summed E-state index contributed by atoms with van der Waals surface area (Å²) in [5.41, 5.74) is 1.69. The van der Waals surface area contributed by atoms with Gasteiger partial charge in [-0.1, -0.05) is 23.2 Å². The number of anilines is 1. The molecule has 2 rings (SSSR count). The van der Waals surface area contributed by atoms with E-state index >= 15 is 0 Å². The molecule has 2 aromatic heterocycles. The van der Waals surface area contributed by atoms with E-state index in [1.54, 1.807) is 6.07 Å². The van der Waals surface area contributed by atoms with Crippen molar-refractivity contribution >= 4 is 60.7 Å². The molecule has 0 saturated carbocycles. The second-order valence-electron chi connectivity index (χ2n) is 3.62. The van der Waals surface area contributed by atoms with Crippen molar-refractivity contribution in [3.05, 3.63) is 42.9 Å². The van der Waals surface area contributed by atoms with Gasteiger partial charge < -0.3 is 9.73 Å². The lowest BCUT2D eigenvalue weighted by molar-refractivity contribution is 0.494. The molecule has 1 N–H and O–H groups in total. The first-order valence-electron chi connectivity index (χ1n) is 4.97. The summed E-state index contributed by atoms with van der Waals surface area (Å²) in [4.78, 5) is 3.99. The van der Waals surface area contributed by atoms with Crippen molar-refractivity contribution < 1.29 is 4.42 Å². The molecule has 0 fully saturated rings. The molecule has 0 atom stereocenters. The lowest BCUT2D eigenvalue weighted by Crippen LogP contribution is -2.02. The third-order valence-corrected chi connectivity index (χ3v) is 4.45. The summed E-state index contributed by atoms with van der Waals surface area (Å²) >= 11 is 18.5. The average molecular weight is 415 g/mol. The van der Waals surface area contributed by atoms with Crippen molar-refractivity contribution in [2.75, 3.05) is 5.32 Å². The van der Waals surface area contributed by atoms with Gasteiger partial charge in [-0.25, -0.2) is 4.98 Å². The predicted octanol–water partition coefficient (Wildman–Crippen LogP) is 5.43. The Morgan fingerprint density at radius 1 is 1.33 bits per heavy atom. The summed E-state index contributed by atoms with van der Waals surface area (Å²) in [5, 5.41) is 3.91. The van der Waals surface area contributed by atoms with Crippen molar-refractivity contribution in [2.24, 2.45) is 0 Å². The molecule has 0 aromatic carbocycles. The first-order chi connectivity index (χ1) is 8.47. The lowest BCUT2D eigenvalue weighted by Gasteiger charge is -2.09. The summed E-state index contributed by atoms with van der Waals surface area (Å²) in [6, 6.07) is 3.63. The molecule has 0 radical (unpaired) electrons. The van der Waals surface area contributed by atoms with Crippen LogP contribution in [-0.2, 0) is 6.54 Å². The quantitative estimate of drug-likeness (QED) is 0.681. The summed E-state index contributed by atoms with van der Waals surface area (Å²) in [6.45, 7) is 2.42. The van der Waals surface area contributed by atoms with E-state index in [0.29, 0.717) is 21.5 Å². The van der Waals surface area contributed by atoms with Crippen LogP contribution in [0.1, 0.15) is 11.3 Å². The van der Waals surface area contributed by atoms with Crippen molar-refractivity contribution in [3.8, 4) is 0 Å². The first-order valence-corrected chi connectivity index (χ1v) is 7.32. The van der Waals surface area contributed by atoms with Crippen LogP contribution in [0.2, 0.25) is 10.3 Å². The van der Waals surface area contributed by atoms with Gasteiger partial charge in [-0.3, -0.25) is 0 Å². The van der Waals surface area contributed by atoms with E-state index in [1.165, 1.54) is 0 Å². The minimum Gasteiger partial charge on any atom is -0.451 e. The fourth-order valence-corrected chi connectivity index (χ4v) is 2.72. The highest BCUT2D eigenvalue weighted by Crippen LogP contribution is 2.29. The molecule has 0 aliphatic carbocycles. The summed E-state index contributed by atoms with van der Waals surface area (Å²) < 4.78 is 6.99. The molecule has 7 heteroatoms. The summed E-state index contributed by atoms with van der Waals surface area (Å²) in [7, 11) is 0. The highest BCUT2D eigenvalue weighted by atomic mass is 79.9. The van der Waals surface area contributed by atoms with E-state index < -0.39 is 0 Å². The number of hydrogen-bond donors (Lipinski definition) is 1. The van der Waals surface area contributed by atoms with Crippen LogP contribution in [0.15, 0.2) is 25.7 Å². The zero-order chi connectivity index (χ0) is 13.3. The van der Waals surface area contributed by atoms with Gasteiger partial charge in [0.2, 0.25) is 0 Å². The van der Waals surface area contributed by atoms with Gasteiger partial charge in [-0.15, -0.1) is 0 Å². The fourth-order valence-electron chi connectivity index (χ4n) is 1.46. The lowest BCUT2D eigenvalue weighted by atomic mass is 10.2. The molecule has 96 valence electrons. The van der Waals surface area contributed by atoms with E-state index in [9.17, 15) is 0 Å². The molecule has 0 amide bonds. The first kappa shape index (κ1) is 14.2. The second kappa shape index (κ2) is 5.82. The molecule has 18 heavy (non-hydrogen) atoms. The number of nitrogens with zero attached hydrogens (tertiary/aromatic N) is 1. The molecule has 0 aliphatic rings. The Balaban J connectivity index is 2.15. The van der Waals surface area contributed by atoms with Crippen molar-refractivity contribution in [1.82, 2.24) is 4.98 Å². The normalized spacial score (nSPS) is 10.7. The van der Waals surface area contributed by atoms with Gasteiger partial charge in [0, 0.05) is 0 Å². The van der Waals surface area contributed by atoms with Crippen molar-refractivity contribution in [2.45, 2.75) is 13.5 Å². The number of nitrogens with one attached hydrogen (secondary N) is 1. The van der Waals surface area contributed by atoms with Crippen LogP contribution in [0, 0.1) is 6.92 Å². The maximum Gasteiger partial charge on any atom is 0.183 e. The topological polar surface area (TPSA) is 38.1 Å². The maximum absolute atomic E-state index is 6.03. The van der Waals surface area contributed by atoms with E-state index in [2.05, 4.69) is 42.2 Å². The standard InChI is InChI=1S/C11H8Br2Cl2N2O/c1-5-2-8(14)17-11(15)9(5)16-4-6-3-7(12)10(13)18-6/h2-3,16H,4H2,1H3. The molecule has 0 unspecified atom stereocenters. The Morgan fingerprint density at radius 3 is 2.61 bits per heavy atom. The third kappa shape index (κ3) is 3.20. The molecule has 2 heterocycles. The van der Waals surface area contributed by atoms with Crippen molar-refractivity contribution in [3.63, 3.8) is 0 Å². The molecule has 0 saturated heterocycles. The molecule has 0 bridgehead atoms. The number of halogens is 4. The predicted molar refractivity (Wildman–Crippen MR) is 80.4 cm³/mol. The van der Waals surface area contributed by atoms with Crippen molar-refractivity contribution in [1.29, 1.82) is 0 Å². The molecular formula is C11H8Br2Cl2N2O. The Bertz CT molecular complexity index is 544. The molecule has 3 nitrogen and oxygen atoms in total. The summed E-state index contributed by atoms with van der Waals surface area (Å²) in [5.74, 6) is 0.777. The molecular weight excluding hydrogens is 407 g/mol. The van der Waals surface area contributed by atoms with Gasteiger partial charge in [0.25, 0.3) is 0 Å². The van der Waals surface area contributed by atoms with E-state index in [0.717, 1.165) is 21.5 Å². The fraction of sp³-hybridized carbons (Fsp3) is 0.182. The van der Waals surface area contributed by atoms with E-state index in [-0.39, 0.29) is 0 Å². The highest BCUT2D eigenvalue weighted by Gasteiger charge is 2.10. The molecule has 0 spiro atoms. The van der Waals surface area contributed by atoms with Crippen LogP contribution < -0.4 is 5.32 Å². The van der Waals surface area contributed by atoms with Crippen LogP contribution in [0.4, 0.5) is 5.69 Å². The number of furan rings is 1. The number of hydrogen-bond acceptors (Lipinski definition) is 3. The SMILES string of the molecule is Cc1cc(Cl)nc(Cl)c1NCc1cc(Br)c(Br)o1. The number of aromatic nitrogens is 1. The van der Waals surface area contributed by atoms with Gasteiger partial charge >= 0.3 is 0 Å². The van der Waals surface area contributed by atoms with Crippen LogP contribution in [-0.4, -0.2) is 4.98 Å². The Labute approximate surface area is 131 Å². The highest BCUT2D eigenvalue weighted by molar-refractivity contribution is 9.13. The Kier molecular flexibility index (Phi) is 4.59.